The Kier molecular flexibility index (Phi) is 6.01. The van der Waals surface area contributed by atoms with Gasteiger partial charge in [0.25, 0.3) is 0 Å². The number of halogens is 1. The van der Waals surface area contributed by atoms with Crippen molar-refractivity contribution in [2.45, 2.75) is 0 Å². The second-order valence-corrected chi connectivity index (χ2v) is 6.22. The molecule has 0 unspecified atom stereocenters. The molecular formula is C17H25FN4O2. The van der Waals surface area contributed by atoms with Gasteiger partial charge >= 0.3 is 6.03 Å². The van der Waals surface area contributed by atoms with Crippen LogP contribution in [-0.4, -0.2) is 86.3 Å². The summed E-state index contributed by atoms with van der Waals surface area (Å²) in [4.78, 5) is 18.8. The van der Waals surface area contributed by atoms with Gasteiger partial charge in [-0.1, -0.05) is 6.07 Å². The number of morpholine rings is 1. The number of urea groups is 1. The Hall–Kier alpha value is -1.70. The average Bonchev–Trinajstić information content (AvgIpc) is 2.61. The average molecular weight is 336 g/mol. The molecule has 0 bridgehead atoms. The third kappa shape index (κ3) is 4.90. The zero-order valence-electron chi connectivity index (χ0n) is 13.9. The second kappa shape index (κ2) is 8.41. The number of carbonyl (C=O) groups is 1. The van der Waals surface area contributed by atoms with E-state index < -0.39 is 0 Å². The minimum Gasteiger partial charge on any atom is -0.379 e. The Morgan fingerprint density at radius 1 is 1.04 bits per heavy atom. The summed E-state index contributed by atoms with van der Waals surface area (Å²) in [6.07, 6.45) is 0. The van der Waals surface area contributed by atoms with Crippen LogP contribution in [0.1, 0.15) is 0 Å². The number of piperazine rings is 1. The summed E-state index contributed by atoms with van der Waals surface area (Å²) in [5, 5.41) is 2.76. The molecule has 2 saturated heterocycles. The molecule has 1 aromatic carbocycles. The van der Waals surface area contributed by atoms with Gasteiger partial charge < -0.3 is 15.0 Å². The summed E-state index contributed by atoms with van der Waals surface area (Å²) in [6.45, 7) is 8.91. The summed E-state index contributed by atoms with van der Waals surface area (Å²) in [5.41, 5.74) is 0.495. The smallest absolute Gasteiger partial charge is 0.321 e. The third-order valence-corrected chi connectivity index (χ3v) is 4.57. The number of rotatable bonds is 4. The van der Waals surface area contributed by atoms with Crippen LogP contribution in [0, 0.1) is 5.82 Å². The van der Waals surface area contributed by atoms with Gasteiger partial charge in [0, 0.05) is 58.0 Å². The van der Waals surface area contributed by atoms with Crippen molar-refractivity contribution in [3.05, 3.63) is 30.1 Å². The van der Waals surface area contributed by atoms with Crippen LogP contribution < -0.4 is 5.32 Å². The lowest BCUT2D eigenvalue weighted by atomic mass is 10.3. The van der Waals surface area contributed by atoms with Crippen molar-refractivity contribution in [1.82, 2.24) is 14.7 Å². The van der Waals surface area contributed by atoms with E-state index in [4.69, 9.17) is 4.74 Å². The molecule has 0 spiro atoms. The van der Waals surface area contributed by atoms with Crippen molar-refractivity contribution in [3.8, 4) is 0 Å². The van der Waals surface area contributed by atoms with Crippen LogP contribution in [0.2, 0.25) is 0 Å². The molecule has 6 nitrogen and oxygen atoms in total. The number of benzene rings is 1. The molecular weight excluding hydrogens is 311 g/mol. The van der Waals surface area contributed by atoms with Crippen LogP contribution in [0.15, 0.2) is 24.3 Å². The van der Waals surface area contributed by atoms with Crippen molar-refractivity contribution >= 4 is 11.7 Å². The van der Waals surface area contributed by atoms with Crippen molar-refractivity contribution < 1.29 is 13.9 Å². The standard InChI is InChI=1S/C17H25FN4O2/c18-15-2-1-3-16(14-15)19-17(23)22-8-6-20(7-9-22)4-5-21-10-12-24-13-11-21/h1-3,14H,4-13H2,(H,19,23). The number of nitrogens with one attached hydrogen (secondary N) is 1. The highest BCUT2D eigenvalue weighted by Crippen LogP contribution is 2.11. The minimum absolute atomic E-state index is 0.159. The lowest BCUT2D eigenvalue weighted by Crippen LogP contribution is -2.51. The predicted molar refractivity (Wildman–Crippen MR) is 90.7 cm³/mol. The van der Waals surface area contributed by atoms with Gasteiger partial charge in [-0.05, 0) is 18.2 Å². The summed E-state index contributed by atoms with van der Waals surface area (Å²) >= 11 is 0. The first kappa shape index (κ1) is 17.1. The van der Waals surface area contributed by atoms with Crippen molar-refractivity contribution in [3.63, 3.8) is 0 Å². The van der Waals surface area contributed by atoms with Crippen LogP contribution in [0.4, 0.5) is 14.9 Å². The largest absolute Gasteiger partial charge is 0.379 e. The van der Waals surface area contributed by atoms with Crippen molar-refractivity contribution in [2.75, 3.05) is 70.9 Å². The molecule has 0 aromatic heterocycles. The predicted octanol–water partition coefficient (Wildman–Crippen LogP) is 1.31. The maximum absolute atomic E-state index is 13.2. The van der Waals surface area contributed by atoms with Crippen LogP contribution >= 0.6 is 0 Å². The van der Waals surface area contributed by atoms with Crippen molar-refractivity contribution in [2.24, 2.45) is 0 Å². The number of nitrogens with zero attached hydrogens (tertiary/aromatic N) is 3. The first-order valence-electron chi connectivity index (χ1n) is 8.55. The number of anilines is 1. The van der Waals surface area contributed by atoms with E-state index >= 15 is 0 Å². The molecule has 2 fully saturated rings. The van der Waals surface area contributed by atoms with Gasteiger partial charge in [0.05, 0.1) is 13.2 Å². The number of carbonyl (C=O) groups excluding carboxylic acids is 1. The molecule has 3 rings (SSSR count). The van der Waals surface area contributed by atoms with E-state index in [1.54, 1.807) is 17.0 Å². The van der Waals surface area contributed by atoms with Gasteiger partial charge in [0.2, 0.25) is 0 Å². The number of hydrogen-bond acceptors (Lipinski definition) is 4. The molecule has 0 atom stereocenters. The van der Waals surface area contributed by atoms with E-state index in [0.29, 0.717) is 18.8 Å². The Morgan fingerprint density at radius 2 is 1.71 bits per heavy atom. The fraction of sp³-hybridized carbons (Fsp3) is 0.588. The van der Waals surface area contributed by atoms with Gasteiger partial charge in [0.15, 0.2) is 0 Å². The molecule has 1 aromatic rings. The Balaban J connectivity index is 1.38. The normalized spacial score (nSPS) is 20.1. The fourth-order valence-corrected chi connectivity index (χ4v) is 3.05. The fourth-order valence-electron chi connectivity index (χ4n) is 3.05. The zero-order chi connectivity index (χ0) is 16.8. The zero-order valence-corrected chi connectivity index (χ0v) is 13.9. The highest BCUT2D eigenvalue weighted by molar-refractivity contribution is 5.89. The SMILES string of the molecule is O=C(Nc1cccc(F)c1)N1CCN(CCN2CCOCC2)CC1. The van der Waals surface area contributed by atoms with Gasteiger partial charge in [-0.2, -0.15) is 0 Å². The maximum atomic E-state index is 13.2. The van der Waals surface area contributed by atoms with E-state index in [0.717, 1.165) is 52.5 Å². The monoisotopic (exact) mass is 336 g/mol. The number of hydrogen-bond donors (Lipinski definition) is 1. The number of amides is 2. The van der Waals surface area contributed by atoms with E-state index in [2.05, 4.69) is 15.1 Å². The summed E-state index contributed by atoms with van der Waals surface area (Å²) in [6, 6.07) is 5.82. The van der Waals surface area contributed by atoms with Crippen LogP contribution in [0.25, 0.3) is 0 Å². The van der Waals surface area contributed by atoms with E-state index in [9.17, 15) is 9.18 Å². The summed E-state index contributed by atoms with van der Waals surface area (Å²) in [5.74, 6) is -0.347. The van der Waals surface area contributed by atoms with E-state index in [1.165, 1.54) is 12.1 Å². The lowest BCUT2D eigenvalue weighted by molar-refractivity contribution is 0.0311. The Morgan fingerprint density at radius 3 is 2.38 bits per heavy atom. The minimum atomic E-state index is -0.347. The lowest BCUT2D eigenvalue weighted by Gasteiger charge is -2.36. The first-order valence-corrected chi connectivity index (χ1v) is 8.55. The highest BCUT2D eigenvalue weighted by Gasteiger charge is 2.21. The van der Waals surface area contributed by atoms with E-state index in [-0.39, 0.29) is 11.8 Å². The summed E-state index contributed by atoms with van der Waals surface area (Å²) < 4.78 is 18.5. The molecule has 0 radical (unpaired) electrons. The van der Waals surface area contributed by atoms with Gasteiger partial charge in [-0.15, -0.1) is 0 Å². The third-order valence-electron chi connectivity index (χ3n) is 4.57. The molecule has 2 amide bonds. The molecule has 7 heteroatoms. The maximum Gasteiger partial charge on any atom is 0.321 e. The van der Waals surface area contributed by atoms with Crippen LogP contribution in [-0.2, 0) is 4.74 Å². The molecule has 24 heavy (non-hydrogen) atoms. The van der Waals surface area contributed by atoms with Crippen LogP contribution in [0.5, 0.6) is 0 Å². The quantitative estimate of drug-likeness (QED) is 0.901. The van der Waals surface area contributed by atoms with E-state index in [1.807, 2.05) is 0 Å². The highest BCUT2D eigenvalue weighted by atomic mass is 19.1. The van der Waals surface area contributed by atoms with Gasteiger partial charge in [0.1, 0.15) is 5.82 Å². The molecule has 2 heterocycles. The Labute approximate surface area is 142 Å². The second-order valence-electron chi connectivity index (χ2n) is 6.22. The molecule has 2 aliphatic heterocycles. The topological polar surface area (TPSA) is 48.1 Å². The summed E-state index contributed by atoms with van der Waals surface area (Å²) in [7, 11) is 0. The van der Waals surface area contributed by atoms with Crippen LogP contribution in [0.3, 0.4) is 0 Å². The molecule has 0 saturated carbocycles. The van der Waals surface area contributed by atoms with Crippen molar-refractivity contribution in [1.29, 1.82) is 0 Å². The molecule has 0 aliphatic carbocycles. The van der Waals surface area contributed by atoms with Gasteiger partial charge in [-0.25, -0.2) is 9.18 Å². The molecule has 2 aliphatic rings. The molecule has 132 valence electrons. The Bertz CT molecular complexity index is 543. The van der Waals surface area contributed by atoms with Gasteiger partial charge in [-0.3, -0.25) is 9.80 Å². The first-order chi connectivity index (χ1) is 11.7. The number of ether oxygens (including phenoxy) is 1. The molecule has 1 N–H and O–H groups in total.